The molecule has 0 spiro atoms. The van der Waals surface area contributed by atoms with Gasteiger partial charge in [-0.1, -0.05) is 18.2 Å². The normalized spacial score (nSPS) is 11.6. The maximum absolute atomic E-state index is 11.4. The molecule has 1 amide bonds. The predicted molar refractivity (Wildman–Crippen MR) is 73.7 cm³/mol. The Hall–Kier alpha value is -2.04. The van der Waals surface area contributed by atoms with Crippen LogP contribution in [0.4, 0.5) is 5.69 Å². The van der Waals surface area contributed by atoms with E-state index in [-0.39, 0.29) is 11.9 Å². The van der Waals surface area contributed by atoms with Gasteiger partial charge < -0.3 is 15.0 Å². The first-order chi connectivity index (χ1) is 8.95. The summed E-state index contributed by atoms with van der Waals surface area (Å²) in [4.78, 5) is 24.3. The fourth-order valence-electron chi connectivity index (χ4n) is 1.63. The van der Waals surface area contributed by atoms with Crippen molar-refractivity contribution in [1.82, 2.24) is 4.90 Å². The van der Waals surface area contributed by atoms with Gasteiger partial charge >= 0.3 is 5.97 Å². The number of para-hydroxylation sites is 1. The molecule has 5 heteroatoms. The molecule has 19 heavy (non-hydrogen) atoms. The average molecular weight is 264 g/mol. The minimum Gasteiger partial charge on any atom is -0.467 e. The number of nitrogens with one attached hydrogen (secondary N) is 1. The molecule has 5 nitrogen and oxygen atoms in total. The van der Waals surface area contributed by atoms with Crippen LogP contribution in [0, 0.1) is 0 Å². The Bertz CT molecular complexity index is 460. The second-order valence-corrected chi connectivity index (χ2v) is 4.42. The summed E-state index contributed by atoms with van der Waals surface area (Å²) < 4.78 is 4.68. The topological polar surface area (TPSA) is 58.6 Å². The molecular formula is C14H20N2O3. The van der Waals surface area contributed by atoms with Crippen LogP contribution in [0.25, 0.3) is 0 Å². The van der Waals surface area contributed by atoms with Crippen molar-refractivity contribution in [3.63, 3.8) is 0 Å². The van der Waals surface area contributed by atoms with Gasteiger partial charge in [-0.15, -0.1) is 0 Å². The zero-order chi connectivity index (χ0) is 14.4. The van der Waals surface area contributed by atoms with E-state index >= 15 is 0 Å². The van der Waals surface area contributed by atoms with Gasteiger partial charge in [0.05, 0.1) is 7.11 Å². The van der Waals surface area contributed by atoms with Gasteiger partial charge in [0.15, 0.2) is 0 Å². The molecule has 1 aromatic rings. The molecule has 1 N–H and O–H groups in total. The molecule has 0 aromatic heterocycles. The molecule has 0 fully saturated rings. The molecule has 0 heterocycles. The molecule has 1 atom stereocenters. The Balaban J connectivity index is 2.84. The average Bonchev–Trinajstić information content (AvgIpc) is 2.39. The number of methoxy groups -OCH3 is 1. The number of anilines is 1. The predicted octanol–water partition coefficient (Wildman–Crippen LogP) is 1.64. The minimum atomic E-state index is -0.436. The van der Waals surface area contributed by atoms with Gasteiger partial charge in [-0.25, -0.2) is 4.79 Å². The summed E-state index contributed by atoms with van der Waals surface area (Å²) in [6, 6.07) is 7.14. The van der Waals surface area contributed by atoms with Crippen LogP contribution < -0.4 is 5.32 Å². The van der Waals surface area contributed by atoms with E-state index in [1.165, 1.54) is 14.0 Å². The highest BCUT2D eigenvalue weighted by Crippen LogP contribution is 2.18. The third kappa shape index (κ3) is 4.28. The molecule has 0 aliphatic carbocycles. The Kier molecular flexibility index (Phi) is 5.36. The van der Waals surface area contributed by atoms with Gasteiger partial charge in [0, 0.05) is 26.2 Å². The maximum Gasteiger partial charge on any atom is 0.327 e. The van der Waals surface area contributed by atoms with E-state index in [0.29, 0.717) is 6.54 Å². The van der Waals surface area contributed by atoms with Crippen LogP contribution >= 0.6 is 0 Å². The van der Waals surface area contributed by atoms with E-state index in [9.17, 15) is 9.59 Å². The zero-order valence-electron chi connectivity index (χ0n) is 11.8. The van der Waals surface area contributed by atoms with Crippen LogP contribution in [0.1, 0.15) is 19.4 Å². The first-order valence-corrected chi connectivity index (χ1v) is 6.09. The lowest BCUT2D eigenvalue weighted by molar-refractivity contribution is -0.141. The third-order valence-electron chi connectivity index (χ3n) is 2.89. The Morgan fingerprint density at radius 3 is 2.58 bits per heavy atom. The summed E-state index contributed by atoms with van der Waals surface area (Å²) >= 11 is 0. The number of rotatable bonds is 5. The van der Waals surface area contributed by atoms with E-state index in [4.69, 9.17) is 0 Å². The van der Waals surface area contributed by atoms with Crippen LogP contribution in [0.3, 0.4) is 0 Å². The minimum absolute atomic E-state index is 0.00387. The van der Waals surface area contributed by atoms with E-state index in [2.05, 4.69) is 10.1 Å². The van der Waals surface area contributed by atoms with Gasteiger partial charge in [-0.05, 0) is 18.6 Å². The zero-order valence-corrected chi connectivity index (χ0v) is 11.8. The number of amides is 1. The maximum atomic E-state index is 11.4. The first-order valence-electron chi connectivity index (χ1n) is 6.09. The summed E-state index contributed by atoms with van der Waals surface area (Å²) in [5.41, 5.74) is 1.78. The second kappa shape index (κ2) is 6.78. The first kappa shape index (κ1) is 15.0. The largest absolute Gasteiger partial charge is 0.467 e. The monoisotopic (exact) mass is 264 g/mol. The van der Waals surface area contributed by atoms with Gasteiger partial charge in [0.2, 0.25) is 5.91 Å². The van der Waals surface area contributed by atoms with E-state index in [1.54, 1.807) is 18.9 Å². The van der Waals surface area contributed by atoms with Gasteiger partial charge in [-0.2, -0.15) is 0 Å². The summed E-state index contributed by atoms with van der Waals surface area (Å²) in [5, 5.41) is 3.09. The molecule has 0 aliphatic heterocycles. The Labute approximate surface area is 113 Å². The van der Waals surface area contributed by atoms with Crippen LogP contribution in [0.5, 0.6) is 0 Å². The molecule has 0 radical (unpaired) electrons. The quantitative estimate of drug-likeness (QED) is 0.821. The van der Waals surface area contributed by atoms with Gasteiger partial charge in [0.25, 0.3) is 0 Å². The summed E-state index contributed by atoms with van der Waals surface area (Å²) in [5.74, 6) is -0.328. The number of ether oxygens (including phenoxy) is 1. The highest BCUT2D eigenvalue weighted by molar-refractivity contribution is 5.79. The number of hydrogen-bond acceptors (Lipinski definition) is 4. The fraction of sp³-hybridized carbons (Fsp3) is 0.429. The molecule has 104 valence electrons. The van der Waals surface area contributed by atoms with E-state index in [0.717, 1.165) is 11.3 Å². The molecule has 0 saturated carbocycles. The van der Waals surface area contributed by atoms with Crippen molar-refractivity contribution in [2.45, 2.75) is 26.4 Å². The Morgan fingerprint density at radius 2 is 2.00 bits per heavy atom. The van der Waals surface area contributed by atoms with E-state index in [1.807, 2.05) is 24.3 Å². The molecular weight excluding hydrogens is 244 g/mol. The Morgan fingerprint density at radius 1 is 1.37 bits per heavy atom. The molecule has 0 saturated heterocycles. The number of carbonyl (C=O) groups is 2. The van der Waals surface area contributed by atoms with Crippen molar-refractivity contribution in [2.75, 3.05) is 19.5 Å². The van der Waals surface area contributed by atoms with Crippen molar-refractivity contribution in [3.8, 4) is 0 Å². The lowest BCUT2D eigenvalue weighted by Gasteiger charge is -2.20. The number of benzene rings is 1. The molecule has 0 aliphatic rings. The van der Waals surface area contributed by atoms with Crippen molar-refractivity contribution in [1.29, 1.82) is 0 Å². The summed E-state index contributed by atoms with van der Waals surface area (Å²) in [6.45, 7) is 3.75. The third-order valence-corrected chi connectivity index (χ3v) is 2.89. The lowest BCUT2D eigenvalue weighted by Crippen LogP contribution is -2.29. The standard InChI is InChI=1S/C14H20N2O3/c1-10(14(18)19-4)15-13-8-6-5-7-12(13)9-16(3)11(2)17/h5-8,10,15H,9H2,1-4H3. The van der Waals surface area contributed by atoms with Crippen LogP contribution in [0.15, 0.2) is 24.3 Å². The summed E-state index contributed by atoms with van der Waals surface area (Å²) in [6.07, 6.45) is 0. The van der Waals surface area contributed by atoms with Gasteiger partial charge in [-0.3, -0.25) is 4.79 Å². The van der Waals surface area contributed by atoms with Crippen molar-refractivity contribution < 1.29 is 14.3 Å². The summed E-state index contributed by atoms with van der Waals surface area (Å²) in [7, 11) is 3.10. The lowest BCUT2D eigenvalue weighted by atomic mass is 10.1. The number of hydrogen-bond donors (Lipinski definition) is 1. The second-order valence-electron chi connectivity index (χ2n) is 4.42. The van der Waals surface area contributed by atoms with Crippen molar-refractivity contribution in [2.24, 2.45) is 0 Å². The smallest absolute Gasteiger partial charge is 0.327 e. The number of esters is 1. The molecule has 1 aromatic carbocycles. The van der Waals surface area contributed by atoms with Crippen LogP contribution in [-0.2, 0) is 20.9 Å². The van der Waals surface area contributed by atoms with Crippen LogP contribution in [-0.4, -0.2) is 37.0 Å². The van der Waals surface area contributed by atoms with Crippen molar-refractivity contribution in [3.05, 3.63) is 29.8 Å². The number of carbonyl (C=O) groups excluding carboxylic acids is 2. The molecule has 1 rings (SSSR count). The number of nitrogens with zero attached hydrogens (tertiary/aromatic N) is 1. The molecule has 1 unspecified atom stereocenters. The van der Waals surface area contributed by atoms with Crippen LogP contribution in [0.2, 0.25) is 0 Å². The highest BCUT2D eigenvalue weighted by Gasteiger charge is 2.15. The SMILES string of the molecule is COC(=O)C(C)Nc1ccccc1CN(C)C(C)=O. The molecule has 0 bridgehead atoms. The van der Waals surface area contributed by atoms with Gasteiger partial charge in [0.1, 0.15) is 6.04 Å². The highest BCUT2D eigenvalue weighted by atomic mass is 16.5. The van der Waals surface area contributed by atoms with E-state index < -0.39 is 6.04 Å². The fourth-order valence-corrected chi connectivity index (χ4v) is 1.63. The van der Waals surface area contributed by atoms with Crippen molar-refractivity contribution >= 4 is 17.6 Å².